The van der Waals surface area contributed by atoms with Crippen molar-refractivity contribution >= 4 is 0 Å². The standard InChI is InChI=1S/C15H25N3/c1-12(2)18(11-15-5-4-8-16-15)10-14-7-6-13(3)17-9-14/h6-7,9,12,15-16H,4-5,8,10-11H2,1-3H3. The van der Waals surface area contributed by atoms with Gasteiger partial charge in [-0.2, -0.15) is 0 Å². The minimum absolute atomic E-state index is 0.578. The Morgan fingerprint density at radius 2 is 2.28 bits per heavy atom. The van der Waals surface area contributed by atoms with Crippen LogP contribution < -0.4 is 5.32 Å². The van der Waals surface area contributed by atoms with Gasteiger partial charge in [0.05, 0.1) is 0 Å². The molecule has 0 saturated carbocycles. The maximum atomic E-state index is 4.38. The Labute approximate surface area is 111 Å². The van der Waals surface area contributed by atoms with Gasteiger partial charge in [-0.1, -0.05) is 6.07 Å². The van der Waals surface area contributed by atoms with E-state index in [1.807, 2.05) is 13.1 Å². The van der Waals surface area contributed by atoms with Crippen molar-refractivity contribution in [3.05, 3.63) is 29.6 Å². The number of hydrogen-bond donors (Lipinski definition) is 1. The topological polar surface area (TPSA) is 28.2 Å². The van der Waals surface area contributed by atoms with Gasteiger partial charge in [0.25, 0.3) is 0 Å². The third-order valence-corrected chi connectivity index (χ3v) is 3.71. The van der Waals surface area contributed by atoms with Gasteiger partial charge in [-0.25, -0.2) is 0 Å². The lowest BCUT2D eigenvalue weighted by atomic mass is 10.1. The van der Waals surface area contributed by atoms with Crippen molar-refractivity contribution in [1.82, 2.24) is 15.2 Å². The van der Waals surface area contributed by atoms with E-state index in [1.54, 1.807) is 0 Å². The molecule has 0 bridgehead atoms. The molecule has 0 aliphatic carbocycles. The molecule has 1 aliphatic heterocycles. The summed E-state index contributed by atoms with van der Waals surface area (Å²) in [6.07, 6.45) is 4.64. The minimum atomic E-state index is 0.578. The van der Waals surface area contributed by atoms with E-state index in [0.717, 1.165) is 18.8 Å². The quantitative estimate of drug-likeness (QED) is 0.865. The van der Waals surface area contributed by atoms with E-state index in [9.17, 15) is 0 Å². The number of nitrogens with one attached hydrogen (secondary N) is 1. The number of aromatic nitrogens is 1. The Hall–Kier alpha value is -0.930. The van der Waals surface area contributed by atoms with Crippen LogP contribution in [-0.4, -0.2) is 35.1 Å². The summed E-state index contributed by atoms with van der Waals surface area (Å²) in [6.45, 7) is 9.91. The van der Waals surface area contributed by atoms with E-state index in [1.165, 1.54) is 24.9 Å². The van der Waals surface area contributed by atoms with Crippen LogP contribution in [-0.2, 0) is 6.54 Å². The normalized spacial score (nSPS) is 19.9. The summed E-state index contributed by atoms with van der Waals surface area (Å²) in [4.78, 5) is 6.92. The highest BCUT2D eigenvalue weighted by Crippen LogP contribution is 2.13. The maximum absolute atomic E-state index is 4.38. The molecule has 1 fully saturated rings. The maximum Gasteiger partial charge on any atom is 0.0372 e. The number of nitrogens with zero attached hydrogens (tertiary/aromatic N) is 2. The molecule has 0 radical (unpaired) electrons. The molecule has 18 heavy (non-hydrogen) atoms. The van der Waals surface area contributed by atoms with Gasteiger partial charge in [-0.05, 0) is 51.8 Å². The van der Waals surface area contributed by atoms with Crippen LogP contribution in [0.4, 0.5) is 0 Å². The van der Waals surface area contributed by atoms with Crippen LogP contribution in [0.5, 0.6) is 0 Å². The second-order valence-corrected chi connectivity index (χ2v) is 5.62. The Kier molecular flexibility index (Phi) is 4.72. The summed E-state index contributed by atoms with van der Waals surface area (Å²) in [7, 11) is 0. The number of pyridine rings is 1. The van der Waals surface area contributed by atoms with Gasteiger partial charge < -0.3 is 5.32 Å². The lowest BCUT2D eigenvalue weighted by Gasteiger charge is -2.29. The fourth-order valence-corrected chi connectivity index (χ4v) is 2.48. The number of rotatable bonds is 5. The Balaban J connectivity index is 1.94. The Bertz CT molecular complexity index is 353. The predicted octanol–water partition coefficient (Wildman–Crippen LogP) is 2.35. The molecule has 2 rings (SSSR count). The van der Waals surface area contributed by atoms with Crippen LogP contribution >= 0.6 is 0 Å². The van der Waals surface area contributed by atoms with E-state index >= 15 is 0 Å². The zero-order valence-electron chi connectivity index (χ0n) is 11.8. The van der Waals surface area contributed by atoms with Gasteiger partial charge in [-0.15, -0.1) is 0 Å². The molecule has 2 heterocycles. The van der Waals surface area contributed by atoms with E-state index < -0.39 is 0 Å². The van der Waals surface area contributed by atoms with Gasteiger partial charge in [0.15, 0.2) is 0 Å². The highest BCUT2D eigenvalue weighted by atomic mass is 15.2. The molecule has 0 aromatic carbocycles. The Morgan fingerprint density at radius 1 is 1.44 bits per heavy atom. The zero-order chi connectivity index (χ0) is 13.0. The fraction of sp³-hybridized carbons (Fsp3) is 0.667. The Morgan fingerprint density at radius 3 is 2.83 bits per heavy atom. The summed E-state index contributed by atoms with van der Waals surface area (Å²) in [5.41, 5.74) is 2.40. The van der Waals surface area contributed by atoms with Crippen molar-refractivity contribution in [2.75, 3.05) is 13.1 Å². The second-order valence-electron chi connectivity index (χ2n) is 5.62. The SMILES string of the molecule is Cc1ccc(CN(CC2CCCN2)C(C)C)cn1. The molecule has 100 valence electrons. The molecule has 1 aliphatic rings. The summed E-state index contributed by atoms with van der Waals surface area (Å²) in [5.74, 6) is 0. The molecule has 1 unspecified atom stereocenters. The second kappa shape index (κ2) is 6.30. The third-order valence-electron chi connectivity index (χ3n) is 3.71. The molecule has 3 nitrogen and oxygen atoms in total. The van der Waals surface area contributed by atoms with Crippen LogP contribution in [0.3, 0.4) is 0 Å². The van der Waals surface area contributed by atoms with E-state index in [-0.39, 0.29) is 0 Å². The van der Waals surface area contributed by atoms with Gasteiger partial charge >= 0.3 is 0 Å². The molecule has 1 N–H and O–H groups in total. The van der Waals surface area contributed by atoms with Crippen LogP contribution in [0.2, 0.25) is 0 Å². The first-order chi connectivity index (χ1) is 8.65. The van der Waals surface area contributed by atoms with E-state index in [4.69, 9.17) is 0 Å². The summed E-state index contributed by atoms with van der Waals surface area (Å²) in [5, 5.41) is 3.58. The van der Waals surface area contributed by atoms with Crippen molar-refractivity contribution < 1.29 is 0 Å². The molecule has 0 amide bonds. The third kappa shape index (κ3) is 3.79. The van der Waals surface area contributed by atoms with Crippen LogP contribution in [0, 0.1) is 6.92 Å². The average molecular weight is 247 g/mol. The summed E-state index contributed by atoms with van der Waals surface area (Å²) in [6, 6.07) is 5.54. The first-order valence-electron chi connectivity index (χ1n) is 7.04. The van der Waals surface area contributed by atoms with Crippen LogP contribution in [0.25, 0.3) is 0 Å². The number of aryl methyl sites for hydroxylation is 1. The van der Waals surface area contributed by atoms with Gasteiger partial charge in [0.2, 0.25) is 0 Å². The largest absolute Gasteiger partial charge is 0.313 e. The van der Waals surface area contributed by atoms with Crippen molar-refractivity contribution in [3.63, 3.8) is 0 Å². The molecule has 3 heteroatoms. The smallest absolute Gasteiger partial charge is 0.0372 e. The molecule has 0 spiro atoms. The molecule has 1 atom stereocenters. The zero-order valence-corrected chi connectivity index (χ0v) is 11.8. The summed E-state index contributed by atoms with van der Waals surface area (Å²) >= 11 is 0. The van der Waals surface area contributed by atoms with Crippen LogP contribution in [0.15, 0.2) is 18.3 Å². The lowest BCUT2D eigenvalue weighted by Crippen LogP contribution is -2.40. The monoisotopic (exact) mass is 247 g/mol. The van der Waals surface area contributed by atoms with Crippen molar-refractivity contribution in [2.24, 2.45) is 0 Å². The van der Waals surface area contributed by atoms with Crippen LogP contribution in [0.1, 0.15) is 37.9 Å². The van der Waals surface area contributed by atoms with Crippen molar-refractivity contribution in [2.45, 2.75) is 52.2 Å². The molecule has 1 aromatic rings. The lowest BCUT2D eigenvalue weighted by molar-refractivity contribution is 0.194. The molecular weight excluding hydrogens is 222 g/mol. The molecule has 1 aromatic heterocycles. The van der Waals surface area contributed by atoms with Crippen molar-refractivity contribution in [3.8, 4) is 0 Å². The highest BCUT2D eigenvalue weighted by molar-refractivity contribution is 5.13. The summed E-state index contributed by atoms with van der Waals surface area (Å²) < 4.78 is 0. The van der Waals surface area contributed by atoms with Crippen molar-refractivity contribution in [1.29, 1.82) is 0 Å². The molecule has 1 saturated heterocycles. The van der Waals surface area contributed by atoms with Gasteiger partial charge in [0.1, 0.15) is 0 Å². The number of hydrogen-bond acceptors (Lipinski definition) is 3. The van der Waals surface area contributed by atoms with Gasteiger partial charge in [0, 0.05) is 37.1 Å². The fourth-order valence-electron chi connectivity index (χ4n) is 2.48. The predicted molar refractivity (Wildman–Crippen MR) is 75.5 cm³/mol. The van der Waals surface area contributed by atoms with Gasteiger partial charge in [-0.3, -0.25) is 9.88 Å². The molecular formula is C15H25N3. The average Bonchev–Trinajstić information content (AvgIpc) is 2.84. The minimum Gasteiger partial charge on any atom is -0.313 e. The van der Waals surface area contributed by atoms with E-state index in [0.29, 0.717) is 12.1 Å². The first-order valence-corrected chi connectivity index (χ1v) is 7.04. The first kappa shape index (κ1) is 13.5. The highest BCUT2D eigenvalue weighted by Gasteiger charge is 2.19. The van der Waals surface area contributed by atoms with E-state index in [2.05, 4.69) is 41.2 Å².